The van der Waals surface area contributed by atoms with Gasteiger partial charge in [-0.1, -0.05) is 38.1 Å². The van der Waals surface area contributed by atoms with Crippen LogP contribution in [0.15, 0.2) is 24.3 Å². The fourth-order valence-corrected chi connectivity index (χ4v) is 3.84. The number of nitrogens with one attached hydrogen (secondary N) is 1. The van der Waals surface area contributed by atoms with Crippen molar-refractivity contribution in [1.82, 2.24) is 10.2 Å². The summed E-state index contributed by atoms with van der Waals surface area (Å²) >= 11 is 0. The maximum atomic E-state index is 12.7. The Morgan fingerprint density at radius 1 is 1.17 bits per heavy atom. The predicted molar refractivity (Wildman–Crippen MR) is 97.2 cm³/mol. The minimum atomic E-state index is 0. The molecule has 0 aromatic heterocycles. The summed E-state index contributed by atoms with van der Waals surface area (Å²) in [5.74, 6) is 0.917. The van der Waals surface area contributed by atoms with Gasteiger partial charge < -0.3 is 10.2 Å². The standard InChI is InChI=1S/C19H28N2O.ClH/c1-14(2)16-6-3-15(4-7-16)5-10-19(22)21-17-8-9-18(21)13-20-12-11-17;/h3-4,6-7,14,17-18,20H,5,8-13H2,1-2H3;1H. The van der Waals surface area contributed by atoms with Crippen molar-refractivity contribution in [2.24, 2.45) is 0 Å². The average molecular weight is 337 g/mol. The van der Waals surface area contributed by atoms with E-state index in [0.29, 0.717) is 30.3 Å². The molecule has 128 valence electrons. The molecule has 0 saturated carbocycles. The number of amides is 1. The van der Waals surface area contributed by atoms with Crippen LogP contribution >= 0.6 is 12.4 Å². The van der Waals surface area contributed by atoms with Crippen molar-refractivity contribution < 1.29 is 4.79 Å². The molecule has 0 spiro atoms. The molecule has 2 saturated heterocycles. The van der Waals surface area contributed by atoms with Gasteiger partial charge in [0.25, 0.3) is 0 Å². The SMILES string of the molecule is CC(C)c1ccc(CCC(=O)N2C3CCNCC2CC3)cc1.Cl. The molecule has 0 aliphatic carbocycles. The summed E-state index contributed by atoms with van der Waals surface area (Å²) in [7, 11) is 0. The quantitative estimate of drug-likeness (QED) is 0.912. The number of carbonyl (C=O) groups excluding carboxylic acids is 1. The lowest BCUT2D eigenvalue weighted by molar-refractivity contribution is -0.133. The number of hydrogen-bond donors (Lipinski definition) is 1. The third-order valence-corrected chi connectivity index (χ3v) is 5.22. The summed E-state index contributed by atoms with van der Waals surface area (Å²) in [6, 6.07) is 9.68. The number of rotatable bonds is 4. The van der Waals surface area contributed by atoms with E-state index in [1.54, 1.807) is 0 Å². The van der Waals surface area contributed by atoms with Crippen molar-refractivity contribution in [2.75, 3.05) is 13.1 Å². The molecule has 2 atom stereocenters. The highest BCUT2D eigenvalue weighted by Gasteiger charge is 2.37. The summed E-state index contributed by atoms with van der Waals surface area (Å²) in [5, 5.41) is 3.46. The lowest BCUT2D eigenvalue weighted by atomic mass is 10.00. The summed E-state index contributed by atoms with van der Waals surface area (Å²) in [4.78, 5) is 14.9. The number of nitrogens with zero attached hydrogens (tertiary/aromatic N) is 1. The van der Waals surface area contributed by atoms with Crippen LogP contribution in [-0.2, 0) is 11.2 Å². The Kier molecular flexibility index (Phi) is 6.49. The van der Waals surface area contributed by atoms with E-state index in [1.807, 2.05) is 0 Å². The van der Waals surface area contributed by atoms with E-state index in [9.17, 15) is 4.79 Å². The minimum Gasteiger partial charge on any atom is -0.335 e. The zero-order valence-electron chi connectivity index (χ0n) is 14.3. The third-order valence-electron chi connectivity index (χ3n) is 5.22. The van der Waals surface area contributed by atoms with Crippen molar-refractivity contribution in [1.29, 1.82) is 0 Å². The summed E-state index contributed by atoms with van der Waals surface area (Å²) in [5.41, 5.74) is 2.64. The number of carbonyl (C=O) groups is 1. The van der Waals surface area contributed by atoms with Crippen LogP contribution < -0.4 is 5.32 Å². The van der Waals surface area contributed by atoms with Crippen molar-refractivity contribution >= 4 is 18.3 Å². The molecule has 2 heterocycles. The number of hydrogen-bond acceptors (Lipinski definition) is 2. The van der Waals surface area contributed by atoms with Gasteiger partial charge in [-0.3, -0.25) is 4.79 Å². The van der Waals surface area contributed by atoms with Crippen LogP contribution in [0.25, 0.3) is 0 Å². The van der Waals surface area contributed by atoms with Gasteiger partial charge in [0.1, 0.15) is 0 Å². The second-order valence-electron chi connectivity index (χ2n) is 7.08. The molecule has 1 amide bonds. The lowest BCUT2D eigenvalue weighted by Gasteiger charge is -2.28. The fourth-order valence-electron chi connectivity index (χ4n) is 3.84. The Hall–Kier alpha value is -1.06. The molecular weight excluding hydrogens is 308 g/mol. The monoisotopic (exact) mass is 336 g/mol. The first-order valence-electron chi connectivity index (χ1n) is 8.76. The molecule has 3 nitrogen and oxygen atoms in total. The van der Waals surface area contributed by atoms with Crippen LogP contribution in [0.2, 0.25) is 0 Å². The van der Waals surface area contributed by atoms with E-state index in [1.165, 1.54) is 24.0 Å². The molecule has 3 rings (SSSR count). The molecule has 1 N–H and O–H groups in total. The van der Waals surface area contributed by atoms with Crippen LogP contribution in [-0.4, -0.2) is 36.0 Å². The van der Waals surface area contributed by atoms with E-state index in [-0.39, 0.29) is 12.4 Å². The van der Waals surface area contributed by atoms with E-state index in [0.717, 1.165) is 25.9 Å². The zero-order chi connectivity index (χ0) is 15.5. The van der Waals surface area contributed by atoms with Gasteiger partial charge >= 0.3 is 0 Å². The molecule has 0 radical (unpaired) electrons. The fraction of sp³-hybridized carbons (Fsp3) is 0.632. The summed E-state index contributed by atoms with van der Waals surface area (Å²) < 4.78 is 0. The topological polar surface area (TPSA) is 32.3 Å². The molecule has 23 heavy (non-hydrogen) atoms. The highest BCUT2D eigenvalue weighted by atomic mass is 35.5. The normalized spacial score (nSPS) is 23.5. The molecule has 1 aromatic carbocycles. The number of fused-ring (bicyclic) bond motifs is 2. The second-order valence-corrected chi connectivity index (χ2v) is 7.08. The highest BCUT2D eigenvalue weighted by molar-refractivity contribution is 5.85. The Bertz CT molecular complexity index is 501. The molecule has 4 heteroatoms. The first-order chi connectivity index (χ1) is 10.6. The smallest absolute Gasteiger partial charge is 0.223 e. The average Bonchev–Trinajstić information content (AvgIpc) is 2.78. The largest absolute Gasteiger partial charge is 0.335 e. The zero-order valence-corrected chi connectivity index (χ0v) is 15.1. The van der Waals surface area contributed by atoms with Crippen molar-refractivity contribution in [2.45, 2.75) is 64.0 Å². The van der Waals surface area contributed by atoms with Gasteiger partial charge in [0.05, 0.1) is 0 Å². The Labute approximate surface area is 146 Å². The van der Waals surface area contributed by atoms with Crippen LogP contribution in [0, 0.1) is 0 Å². The van der Waals surface area contributed by atoms with Crippen LogP contribution in [0.5, 0.6) is 0 Å². The minimum absolute atomic E-state index is 0. The van der Waals surface area contributed by atoms with Gasteiger partial charge in [0.2, 0.25) is 5.91 Å². The maximum absolute atomic E-state index is 12.7. The van der Waals surface area contributed by atoms with E-state index in [2.05, 4.69) is 48.3 Å². The van der Waals surface area contributed by atoms with Crippen molar-refractivity contribution in [3.05, 3.63) is 35.4 Å². The predicted octanol–water partition coefficient (Wildman–Crippen LogP) is 3.52. The Morgan fingerprint density at radius 2 is 1.87 bits per heavy atom. The lowest BCUT2D eigenvalue weighted by Crippen LogP contribution is -2.42. The van der Waals surface area contributed by atoms with Crippen molar-refractivity contribution in [3.8, 4) is 0 Å². The van der Waals surface area contributed by atoms with E-state index < -0.39 is 0 Å². The van der Waals surface area contributed by atoms with E-state index in [4.69, 9.17) is 0 Å². The highest BCUT2D eigenvalue weighted by Crippen LogP contribution is 2.28. The summed E-state index contributed by atoms with van der Waals surface area (Å²) in [6.07, 6.45) is 4.99. The molecule has 2 bridgehead atoms. The van der Waals surface area contributed by atoms with Gasteiger partial charge in [-0.15, -0.1) is 12.4 Å². The van der Waals surface area contributed by atoms with Gasteiger partial charge in [0, 0.05) is 25.0 Å². The Balaban J connectivity index is 0.00000192. The first kappa shape index (κ1) is 18.3. The van der Waals surface area contributed by atoms with Gasteiger partial charge in [-0.05, 0) is 49.3 Å². The Morgan fingerprint density at radius 3 is 2.57 bits per heavy atom. The molecule has 2 unspecified atom stereocenters. The van der Waals surface area contributed by atoms with Gasteiger partial charge in [-0.2, -0.15) is 0 Å². The van der Waals surface area contributed by atoms with E-state index >= 15 is 0 Å². The number of benzene rings is 1. The van der Waals surface area contributed by atoms with Crippen LogP contribution in [0.1, 0.15) is 56.6 Å². The van der Waals surface area contributed by atoms with Crippen LogP contribution in [0.3, 0.4) is 0 Å². The van der Waals surface area contributed by atoms with Crippen molar-refractivity contribution in [3.63, 3.8) is 0 Å². The maximum Gasteiger partial charge on any atom is 0.223 e. The second kappa shape index (κ2) is 8.16. The molecule has 1 aromatic rings. The molecule has 2 aliphatic heterocycles. The number of halogens is 1. The first-order valence-corrected chi connectivity index (χ1v) is 8.76. The van der Waals surface area contributed by atoms with Crippen LogP contribution in [0.4, 0.5) is 0 Å². The number of aryl methyl sites for hydroxylation is 1. The summed E-state index contributed by atoms with van der Waals surface area (Å²) in [6.45, 7) is 6.45. The molecule has 2 fully saturated rings. The van der Waals surface area contributed by atoms with Gasteiger partial charge in [-0.25, -0.2) is 0 Å². The molecule has 2 aliphatic rings. The van der Waals surface area contributed by atoms with Gasteiger partial charge in [0.15, 0.2) is 0 Å². The third kappa shape index (κ3) is 4.27. The molecular formula is C19H29ClN2O.